The largest absolute Gasteiger partial charge is 0.357 e. The van der Waals surface area contributed by atoms with Gasteiger partial charge in [0.2, 0.25) is 0 Å². The van der Waals surface area contributed by atoms with Crippen molar-refractivity contribution < 1.29 is 4.79 Å². The van der Waals surface area contributed by atoms with Gasteiger partial charge in [-0.25, -0.2) is 9.50 Å². The van der Waals surface area contributed by atoms with Gasteiger partial charge in [-0.1, -0.05) is 0 Å². The summed E-state index contributed by atoms with van der Waals surface area (Å²) in [6, 6.07) is 3.51. The summed E-state index contributed by atoms with van der Waals surface area (Å²) in [5.74, 6) is 1.40. The van der Waals surface area contributed by atoms with Crippen LogP contribution in [0.1, 0.15) is 18.5 Å². The van der Waals surface area contributed by atoms with Crippen LogP contribution in [-0.4, -0.2) is 42.9 Å². The minimum Gasteiger partial charge on any atom is -0.357 e. The number of nitrogens with one attached hydrogen (secondary N) is 1. The first-order valence-electron chi connectivity index (χ1n) is 8.00. The van der Waals surface area contributed by atoms with E-state index in [1.807, 2.05) is 32.3 Å². The fourth-order valence-corrected chi connectivity index (χ4v) is 3.10. The van der Waals surface area contributed by atoms with Gasteiger partial charge in [0, 0.05) is 38.2 Å². The summed E-state index contributed by atoms with van der Waals surface area (Å²) >= 11 is 0. The molecule has 1 atom stereocenters. The lowest BCUT2D eigenvalue weighted by molar-refractivity contribution is -0.120. The summed E-state index contributed by atoms with van der Waals surface area (Å²) in [5, 5.41) is 12.0. The van der Waals surface area contributed by atoms with Gasteiger partial charge in [-0.2, -0.15) is 10.2 Å². The fourth-order valence-electron chi connectivity index (χ4n) is 3.10. The highest BCUT2D eigenvalue weighted by Gasteiger charge is 2.31. The maximum Gasteiger partial charge on any atom is 0.250 e. The second-order valence-electron chi connectivity index (χ2n) is 6.07. The Balaban J connectivity index is 1.60. The molecule has 3 aromatic rings. The van der Waals surface area contributed by atoms with Crippen molar-refractivity contribution in [2.75, 3.05) is 16.8 Å². The Bertz CT molecular complexity index is 897. The number of rotatable bonds is 3. The lowest BCUT2D eigenvalue weighted by atomic mass is 10.0. The maximum atomic E-state index is 12.8. The summed E-state index contributed by atoms with van der Waals surface area (Å²) in [4.78, 5) is 19.0. The molecule has 8 nitrogen and oxygen atoms in total. The third-order valence-electron chi connectivity index (χ3n) is 4.24. The Labute approximate surface area is 139 Å². The first-order chi connectivity index (χ1) is 11.6. The molecular weight excluding hydrogens is 306 g/mol. The van der Waals surface area contributed by atoms with Gasteiger partial charge in [-0.3, -0.25) is 14.4 Å². The number of hydrogen-bond donors (Lipinski definition) is 1. The minimum atomic E-state index is -0.310. The number of hydrogen-bond acceptors (Lipinski definition) is 5. The van der Waals surface area contributed by atoms with Gasteiger partial charge in [0.25, 0.3) is 5.91 Å². The number of anilines is 2. The third-order valence-corrected chi connectivity index (χ3v) is 4.24. The van der Waals surface area contributed by atoms with Crippen LogP contribution in [0.15, 0.2) is 30.7 Å². The van der Waals surface area contributed by atoms with Gasteiger partial charge >= 0.3 is 0 Å². The quantitative estimate of drug-likeness (QED) is 0.787. The molecule has 0 saturated carbocycles. The fraction of sp³-hybridized carbons (Fsp3) is 0.375. The van der Waals surface area contributed by atoms with Crippen LogP contribution < -0.4 is 10.2 Å². The summed E-state index contributed by atoms with van der Waals surface area (Å²) in [5.41, 5.74) is 1.79. The second-order valence-corrected chi connectivity index (χ2v) is 6.07. The number of carbonyl (C=O) groups is 1. The molecule has 1 amide bonds. The van der Waals surface area contributed by atoms with Crippen molar-refractivity contribution in [1.82, 2.24) is 24.4 Å². The van der Waals surface area contributed by atoms with Crippen molar-refractivity contribution in [1.29, 1.82) is 0 Å². The predicted molar refractivity (Wildman–Crippen MR) is 89.9 cm³/mol. The van der Waals surface area contributed by atoms with E-state index in [9.17, 15) is 4.79 Å². The molecule has 124 valence electrons. The van der Waals surface area contributed by atoms with Crippen LogP contribution in [0.3, 0.4) is 0 Å². The average Bonchev–Trinajstić information content (AvgIpc) is 3.15. The first-order valence-corrected chi connectivity index (χ1v) is 8.00. The number of aromatic nitrogens is 5. The highest BCUT2D eigenvalue weighted by molar-refractivity contribution is 5.99. The molecule has 4 heterocycles. The van der Waals surface area contributed by atoms with Crippen LogP contribution >= 0.6 is 0 Å². The van der Waals surface area contributed by atoms with E-state index in [-0.39, 0.29) is 11.9 Å². The molecular formula is C16H19N7O. The average molecular weight is 325 g/mol. The summed E-state index contributed by atoms with van der Waals surface area (Å²) in [6.45, 7) is 2.63. The lowest BCUT2D eigenvalue weighted by Crippen LogP contribution is -2.48. The third kappa shape index (κ3) is 2.49. The Kier molecular flexibility index (Phi) is 3.44. The van der Waals surface area contributed by atoms with Crippen LogP contribution in [0, 0.1) is 6.92 Å². The zero-order valence-corrected chi connectivity index (χ0v) is 13.7. The summed E-state index contributed by atoms with van der Waals surface area (Å²) in [6.07, 6.45) is 7.03. The topological polar surface area (TPSA) is 80.4 Å². The van der Waals surface area contributed by atoms with Crippen molar-refractivity contribution >= 4 is 23.1 Å². The molecule has 0 spiro atoms. The molecule has 1 unspecified atom stereocenters. The van der Waals surface area contributed by atoms with Gasteiger partial charge in [0.05, 0.1) is 5.69 Å². The molecule has 1 fully saturated rings. The molecule has 1 saturated heterocycles. The van der Waals surface area contributed by atoms with Gasteiger partial charge in [0.1, 0.15) is 11.6 Å². The monoisotopic (exact) mass is 325 g/mol. The van der Waals surface area contributed by atoms with Crippen LogP contribution in [-0.2, 0) is 11.8 Å². The van der Waals surface area contributed by atoms with Crippen molar-refractivity contribution in [3.8, 4) is 0 Å². The van der Waals surface area contributed by atoms with E-state index in [0.717, 1.165) is 24.1 Å². The highest BCUT2D eigenvalue weighted by atomic mass is 16.2. The highest BCUT2D eigenvalue weighted by Crippen LogP contribution is 2.23. The normalized spacial score (nSPS) is 18.3. The van der Waals surface area contributed by atoms with Crippen LogP contribution in [0.25, 0.3) is 5.52 Å². The molecule has 0 aromatic carbocycles. The second kappa shape index (κ2) is 5.63. The van der Waals surface area contributed by atoms with E-state index < -0.39 is 0 Å². The number of nitrogens with zero attached hydrogens (tertiary/aromatic N) is 6. The number of aryl methyl sites for hydroxylation is 2. The molecule has 3 aromatic heterocycles. The maximum absolute atomic E-state index is 12.8. The van der Waals surface area contributed by atoms with Gasteiger partial charge < -0.3 is 5.32 Å². The standard InChI is InChI=1S/C16H19N7O/c1-11-10-13-15(17-6-9-23(13)19-11)18-12-4-3-7-22(16(12)24)14-5-8-21(2)20-14/h5-6,8-10,12H,3-4,7H2,1-2H3,(H,17,18). The van der Waals surface area contributed by atoms with E-state index in [4.69, 9.17) is 0 Å². The lowest BCUT2D eigenvalue weighted by Gasteiger charge is -2.31. The zero-order chi connectivity index (χ0) is 16.7. The minimum absolute atomic E-state index is 0.0278. The van der Waals surface area contributed by atoms with Gasteiger partial charge in [-0.05, 0) is 25.8 Å². The van der Waals surface area contributed by atoms with Crippen molar-refractivity contribution in [2.24, 2.45) is 7.05 Å². The number of carbonyl (C=O) groups excluding carboxylic acids is 1. The summed E-state index contributed by atoms with van der Waals surface area (Å²) in [7, 11) is 1.85. The van der Waals surface area contributed by atoms with E-state index in [2.05, 4.69) is 20.5 Å². The van der Waals surface area contributed by atoms with E-state index >= 15 is 0 Å². The molecule has 1 aliphatic heterocycles. The van der Waals surface area contributed by atoms with E-state index in [0.29, 0.717) is 18.2 Å². The van der Waals surface area contributed by atoms with Crippen molar-refractivity contribution in [3.63, 3.8) is 0 Å². The first kappa shape index (κ1) is 14.7. The smallest absolute Gasteiger partial charge is 0.250 e. The van der Waals surface area contributed by atoms with E-state index in [1.54, 1.807) is 26.5 Å². The molecule has 4 rings (SSSR count). The number of fused-ring (bicyclic) bond motifs is 1. The van der Waals surface area contributed by atoms with Crippen molar-refractivity contribution in [2.45, 2.75) is 25.8 Å². The van der Waals surface area contributed by atoms with Crippen LogP contribution in [0.4, 0.5) is 11.6 Å². The molecule has 0 bridgehead atoms. The molecule has 8 heteroatoms. The number of amides is 1. The van der Waals surface area contributed by atoms with Crippen molar-refractivity contribution in [3.05, 3.63) is 36.4 Å². The van der Waals surface area contributed by atoms with Crippen LogP contribution in [0.2, 0.25) is 0 Å². The Morgan fingerprint density at radius 3 is 2.96 bits per heavy atom. The zero-order valence-electron chi connectivity index (χ0n) is 13.7. The van der Waals surface area contributed by atoms with E-state index in [1.165, 1.54) is 0 Å². The molecule has 0 radical (unpaired) electrons. The molecule has 1 aliphatic rings. The SMILES string of the molecule is Cc1cc2c(NC3CCCN(c4ccn(C)n4)C3=O)nccn2n1. The summed E-state index contributed by atoms with van der Waals surface area (Å²) < 4.78 is 3.48. The van der Waals surface area contributed by atoms with Gasteiger partial charge in [0.15, 0.2) is 11.6 Å². The van der Waals surface area contributed by atoms with Crippen LogP contribution in [0.5, 0.6) is 0 Å². The molecule has 24 heavy (non-hydrogen) atoms. The Morgan fingerprint density at radius 2 is 2.17 bits per heavy atom. The predicted octanol–water partition coefficient (Wildman–Crippen LogP) is 1.38. The molecule has 1 N–H and O–H groups in total. The Morgan fingerprint density at radius 1 is 1.29 bits per heavy atom. The number of piperidine rings is 1. The Hall–Kier alpha value is -2.90. The van der Waals surface area contributed by atoms with Gasteiger partial charge in [-0.15, -0.1) is 0 Å². The molecule has 0 aliphatic carbocycles.